The summed E-state index contributed by atoms with van der Waals surface area (Å²) in [6.45, 7) is 3.93. The van der Waals surface area contributed by atoms with Crippen molar-refractivity contribution in [2.24, 2.45) is 0 Å². The molecule has 272 valence electrons. The fraction of sp³-hybridized carbons (Fsp3) is 0.417. The molecule has 0 aliphatic carbocycles. The molecule has 0 aliphatic heterocycles. The Kier molecular flexibility index (Phi) is 14.6. The van der Waals surface area contributed by atoms with Gasteiger partial charge < -0.3 is 36.0 Å². The Hall–Kier alpha value is -4.66. The summed E-state index contributed by atoms with van der Waals surface area (Å²) in [5, 5.41) is 39.8. The molecule has 50 heavy (non-hydrogen) atoms. The fourth-order valence-corrected chi connectivity index (χ4v) is 5.20. The zero-order chi connectivity index (χ0) is 36.9. The molecular formula is C36H45F3N4O7. The summed E-state index contributed by atoms with van der Waals surface area (Å²) in [6.07, 6.45) is -10.5. The van der Waals surface area contributed by atoms with Crippen molar-refractivity contribution in [1.29, 1.82) is 0 Å². The van der Waals surface area contributed by atoms with Gasteiger partial charge in [-0.25, -0.2) is 9.59 Å². The molecule has 3 aromatic carbocycles. The molecule has 0 aliphatic rings. The summed E-state index contributed by atoms with van der Waals surface area (Å²) in [5.41, 5.74) is 0.859. The maximum atomic E-state index is 14.4. The molecule has 0 spiro atoms. The van der Waals surface area contributed by atoms with Crippen molar-refractivity contribution < 1.29 is 47.6 Å². The van der Waals surface area contributed by atoms with E-state index in [2.05, 4.69) is 16.0 Å². The van der Waals surface area contributed by atoms with Gasteiger partial charge >= 0.3 is 18.4 Å². The van der Waals surface area contributed by atoms with E-state index in [9.17, 15) is 42.9 Å². The highest BCUT2D eigenvalue weighted by Gasteiger charge is 2.51. The lowest BCUT2D eigenvalue weighted by molar-refractivity contribution is -0.187. The van der Waals surface area contributed by atoms with E-state index in [1.807, 2.05) is 30.3 Å². The largest absolute Gasteiger partial charge is 0.465 e. The summed E-state index contributed by atoms with van der Waals surface area (Å²) in [5.74, 6) is -1.65. The van der Waals surface area contributed by atoms with Gasteiger partial charge in [-0.1, -0.05) is 91.0 Å². The van der Waals surface area contributed by atoms with Crippen LogP contribution in [0.15, 0.2) is 91.0 Å². The number of hydrogen-bond donors (Lipinski definition) is 6. The zero-order valence-electron chi connectivity index (χ0n) is 28.1. The number of alkyl carbamates (subject to hydrolysis) is 1. The number of halogens is 3. The number of rotatable bonds is 16. The smallest absolute Gasteiger partial charge is 0.418 e. The first kappa shape index (κ1) is 39.8. The van der Waals surface area contributed by atoms with Crippen LogP contribution in [-0.4, -0.2) is 93.5 Å². The number of alkyl halides is 3. The number of nitrogens with one attached hydrogen (secondary N) is 3. The molecule has 0 fully saturated rings. The molecule has 0 aromatic heterocycles. The number of nitrogens with zero attached hydrogens (tertiary/aromatic N) is 1. The van der Waals surface area contributed by atoms with Crippen LogP contribution in [0.1, 0.15) is 37.5 Å². The highest BCUT2D eigenvalue weighted by Crippen LogP contribution is 2.27. The van der Waals surface area contributed by atoms with Crippen molar-refractivity contribution in [3.63, 3.8) is 0 Å². The van der Waals surface area contributed by atoms with E-state index in [1.165, 1.54) is 24.3 Å². The molecule has 11 nitrogen and oxygen atoms in total. The minimum absolute atomic E-state index is 0.00970. The molecule has 0 radical (unpaired) electrons. The maximum Gasteiger partial charge on any atom is 0.418 e. The van der Waals surface area contributed by atoms with Crippen molar-refractivity contribution in [2.75, 3.05) is 13.1 Å². The van der Waals surface area contributed by atoms with E-state index in [0.29, 0.717) is 5.56 Å². The highest BCUT2D eigenvalue weighted by molar-refractivity contribution is 5.86. The second-order valence-corrected chi connectivity index (χ2v) is 12.9. The number of carbonyl (C=O) groups is 3. The first-order chi connectivity index (χ1) is 23.5. The number of aliphatic hydroxyl groups is 2. The summed E-state index contributed by atoms with van der Waals surface area (Å²) in [7, 11) is 0. The van der Waals surface area contributed by atoms with Crippen LogP contribution >= 0.6 is 0 Å². The molecule has 14 heteroatoms. The van der Waals surface area contributed by atoms with Gasteiger partial charge in [0.25, 0.3) is 5.91 Å². The van der Waals surface area contributed by atoms with Gasteiger partial charge in [0.1, 0.15) is 5.60 Å². The Morgan fingerprint density at radius 1 is 0.720 bits per heavy atom. The first-order valence-corrected chi connectivity index (χ1v) is 16.1. The van der Waals surface area contributed by atoms with Crippen LogP contribution < -0.4 is 16.0 Å². The Labute approximate surface area is 289 Å². The molecule has 0 bridgehead atoms. The van der Waals surface area contributed by atoms with Crippen molar-refractivity contribution in [3.05, 3.63) is 108 Å². The molecule has 1 unspecified atom stereocenters. The van der Waals surface area contributed by atoms with Crippen LogP contribution in [-0.2, 0) is 28.9 Å². The third kappa shape index (κ3) is 13.3. The minimum Gasteiger partial charge on any atom is -0.465 e. The van der Waals surface area contributed by atoms with Gasteiger partial charge in [-0.05, 0) is 50.3 Å². The molecular weight excluding hydrogens is 657 g/mol. The summed E-state index contributed by atoms with van der Waals surface area (Å²) >= 11 is 0. The van der Waals surface area contributed by atoms with E-state index >= 15 is 0 Å². The van der Waals surface area contributed by atoms with Gasteiger partial charge in [-0.2, -0.15) is 13.2 Å². The Bertz CT molecular complexity index is 1490. The standard InChI is InChI=1S/C36H45F3N4O7/c1-35(2,3)50-33(47)42-28(20-25-15-9-5-10-16-25)30(45)22-40-21-29(44)27(19-24-13-7-4-8-14-24)41-32(46)31(36(37,38)39)43(34(48)49)23-26-17-11-6-12-18-26/h4-18,27-31,40,44-45H,19-23H2,1-3H3,(H,41,46)(H,42,47)(H,48,49)/t27-,28-,29+,30+,31?/m0/s1. The topological polar surface area (TPSA) is 160 Å². The van der Waals surface area contributed by atoms with Crippen molar-refractivity contribution in [3.8, 4) is 0 Å². The Morgan fingerprint density at radius 2 is 1.14 bits per heavy atom. The van der Waals surface area contributed by atoms with Crippen LogP contribution in [0.4, 0.5) is 22.8 Å². The summed E-state index contributed by atoms with van der Waals surface area (Å²) in [6, 6.07) is 19.9. The van der Waals surface area contributed by atoms with Crippen LogP contribution in [0.2, 0.25) is 0 Å². The van der Waals surface area contributed by atoms with Gasteiger partial charge in [-0.15, -0.1) is 0 Å². The van der Waals surface area contributed by atoms with Crippen molar-refractivity contribution in [1.82, 2.24) is 20.9 Å². The average molecular weight is 703 g/mol. The predicted octanol–water partition coefficient (Wildman–Crippen LogP) is 4.27. The third-order valence-electron chi connectivity index (χ3n) is 7.57. The van der Waals surface area contributed by atoms with E-state index in [-0.39, 0.29) is 36.4 Å². The quantitative estimate of drug-likeness (QED) is 0.129. The zero-order valence-corrected chi connectivity index (χ0v) is 28.1. The normalized spacial score (nSPS) is 14.8. The lowest BCUT2D eigenvalue weighted by Crippen LogP contribution is -2.60. The molecule has 0 heterocycles. The lowest BCUT2D eigenvalue weighted by Gasteiger charge is -2.33. The highest BCUT2D eigenvalue weighted by atomic mass is 19.4. The first-order valence-electron chi connectivity index (χ1n) is 16.1. The number of hydrogen-bond acceptors (Lipinski definition) is 7. The monoisotopic (exact) mass is 702 g/mol. The van der Waals surface area contributed by atoms with Crippen molar-refractivity contribution in [2.45, 2.75) is 82.3 Å². The van der Waals surface area contributed by atoms with Crippen LogP contribution in [0.5, 0.6) is 0 Å². The van der Waals surface area contributed by atoms with Crippen LogP contribution in [0, 0.1) is 0 Å². The van der Waals surface area contributed by atoms with E-state index in [0.717, 1.165) is 5.56 Å². The molecule has 5 atom stereocenters. The number of amides is 3. The van der Waals surface area contributed by atoms with Crippen molar-refractivity contribution >= 4 is 18.1 Å². The molecule has 3 amide bonds. The molecule has 0 saturated heterocycles. The van der Waals surface area contributed by atoms with Crippen LogP contribution in [0.3, 0.4) is 0 Å². The van der Waals surface area contributed by atoms with E-state index < -0.39 is 66.7 Å². The Morgan fingerprint density at radius 3 is 1.54 bits per heavy atom. The fourth-order valence-electron chi connectivity index (χ4n) is 5.20. The second kappa shape index (κ2) is 18.4. The predicted molar refractivity (Wildman–Crippen MR) is 180 cm³/mol. The average Bonchev–Trinajstić information content (AvgIpc) is 3.03. The number of ether oxygens (including phenoxy) is 1. The molecule has 3 aromatic rings. The molecule has 3 rings (SSSR count). The second-order valence-electron chi connectivity index (χ2n) is 12.9. The van der Waals surface area contributed by atoms with E-state index in [4.69, 9.17) is 4.74 Å². The van der Waals surface area contributed by atoms with Crippen LogP contribution in [0.25, 0.3) is 0 Å². The number of carboxylic acid groups (broad SMARTS) is 1. The van der Waals surface area contributed by atoms with Gasteiger partial charge in [0.15, 0.2) is 0 Å². The summed E-state index contributed by atoms with van der Waals surface area (Å²) < 4.78 is 48.4. The number of aliphatic hydroxyl groups excluding tert-OH is 2. The van der Waals surface area contributed by atoms with Gasteiger partial charge in [0.2, 0.25) is 6.04 Å². The van der Waals surface area contributed by atoms with Gasteiger partial charge in [0, 0.05) is 13.1 Å². The maximum absolute atomic E-state index is 14.4. The van der Waals surface area contributed by atoms with Gasteiger partial charge in [0.05, 0.1) is 30.8 Å². The Balaban J connectivity index is 1.76. The number of carbonyl (C=O) groups excluding carboxylic acids is 2. The van der Waals surface area contributed by atoms with E-state index in [1.54, 1.807) is 57.2 Å². The number of benzene rings is 3. The SMILES string of the molecule is CC(C)(C)OC(=O)N[C@@H](Cc1ccccc1)[C@H](O)CNC[C@@H](O)[C@H](Cc1ccccc1)NC(=O)C(N(Cc1ccccc1)C(=O)O)C(F)(F)F. The molecule has 6 N–H and O–H groups in total. The molecule has 0 saturated carbocycles. The lowest BCUT2D eigenvalue weighted by atomic mass is 9.99. The van der Waals surface area contributed by atoms with Gasteiger partial charge in [-0.3, -0.25) is 9.69 Å². The minimum atomic E-state index is -5.28. The summed E-state index contributed by atoms with van der Waals surface area (Å²) in [4.78, 5) is 37.9. The third-order valence-corrected chi connectivity index (χ3v) is 7.57.